The van der Waals surface area contributed by atoms with Gasteiger partial charge in [0.15, 0.2) is 11.5 Å². The normalized spacial score (nSPS) is 10.0. The van der Waals surface area contributed by atoms with Crippen molar-refractivity contribution in [3.63, 3.8) is 0 Å². The van der Waals surface area contributed by atoms with E-state index in [-0.39, 0.29) is 12.4 Å². The Hall–Kier alpha value is -1.91. The van der Waals surface area contributed by atoms with Crippen LogP contribution in [-0.4, -0.2) is 32.9 Å². The maximum absolute atomic E-state index is 11.5. The zero-order valence-electron chi connectivity index (χ0n) is 12.5. The predicted molar refractivity (Wildman–Crippen MR) is 75.7 cm³/mol. The molecule has 0 unspecified atom stereocenters. The average molecular weight is 282 g/mol. The van der Waals surface area contributed by atoms with E-state index in [9.17, 15) is 4.79 Å². The molecule has 20 heavy (non-hydrogen) atoms. The van der Waals surface area contributed by atoms with E-state index in [4.69, 9.17) is 18.9 Å². The number of benzene rings is 1. The summed E-state index contributed by atoms with van der Waals surface area (Å²) in [5, 5.41) is 0. The molecule has 0 atom stereocenters. The molecule has 1 rings (SSSR count). The standard InChI is InChI=1S/C15H22O5/c1-5-18-12-9-8-11(10-13(16)17-4)14(19-6-2)15(12)20-7-3/h8-9H,5-7,10H2,1-4H3. The van der Waals surface area contributed by atoms with Crippen molar-refractivity contribution in [1.29, 1.82) is 0 Å². The second kappa shape index (κ2) is 8.30. The Labute approximate surface area is 119 Å². The number of methoxy groups -OCH3 is 1. The van der Waals surface area contributed by atoms with Crippen LogP contribution in [0.5, 0.6) is 17.2 Å². The maximum Gasteiger partial charge on any atom is 0.310 e. The second-order valence-corrected chi connectivity index (χ2v) is 3.93. The van der Waals surface area contributed by atoms with Gasteiger partial charge in [-0.2, -0.15) is 0 Å². The van der Waals surface area contributed by atoms with Crippen LogP contribution in [0.1, 0.15) is 26.3 Å². The molecule has 0 bridgehead atoms. The first-order valence-corrected chi connectivity index (χ1v) is 6.78. The van der Waals surface area contributed by atoms with Crippen molar-refractivity contribution in [2.75, 3.05) is 26.9 Å². The molecular formula is C15H22O5. The zero-order chi connectivity index (χ0) is 15.0. The molecule has 0 fully saturated rings. The molecule has 1 aromatic rings. The van der Waals surface area contributed by atoms with Crippen molar-refractivity contribution in [3.05, 3.63) is 17.7 Å². The number of esters is 1. The van der Waals surface area contributed by atoms with Crippen molar-refractivity contribution in [1.82, 2.24) is 0 Å². The quantitative estimate of drug-likeness (QED) is 0.686. The van der Waals surface area contributed by atoms with E-state index in [1.54, 1.807) is 12.1 Å². The zero-order valence-corrected chi connectivity index (χ0v) is 12.5. The number of ether oxygens (including phenoxy) is 4. The molecule has 0 amide bonds. The molecule has 0 N–H and O–H groups in total. The summed E-state index contributed by atoms with van der Waals surface area (Å²) in [6, 6.07) is 3.59. The van der Waals surface area contributed by atoms with Crippen molar-refractivity contribution >= 4 is 5.97 Å². The van der Waals surface area contributed by atoms with E-state index in [2.05, 4.69) is 0 Å². The molecule has 0 radical (unpaired) electrons. The van der Waals surface area contributed by atoms with Gasteiger partial charge in [-0.25, -0.2) is 0 Å². The van der Waals surface area contributed by atoms with Gasteiger partial charge in [0.05, 0.1) is 33.4 Å². The monoisotopic (exact) mass is 282 g/mol. The third-order valence-electron chi connectivity index (χ3n) is 2.60. The SMILES string of the molecule is CCOc1ccc(CC(=O)OC)c(OCC)c1OCC. The lowest BCUT2D eigenvalue weighted by molar-refractivity contribution is -0.139. The molecule has 5 nitrogen and oxygen atoms in total. The Morgan fingerprint density at radius 2 is 1.55 bits per heavy atom. The van der Waals surface area contributed by atoms with Crippen molar-refractivity contribution in [2.45, 2.75) is 27.2 Å². The van der Waals surface area contributed by atoms with Gasteiger partial charge in [0.25, 0.3) is 0 Å². The summed E-state index contributed by atoms with van der Waals surface area (Å²) in [5.74, 6) is 1.38. The van der Waals surface area contributed by atoms with Crippen LogP contribution in [0.4, 0.5) is 0 Å². The van der Waals surface area contributed by atoms with E-state index < -0.39 is 0 Å². The molecule has 0 aliphatic heterocycles. The molecule has 112 valence electrons. The minimum atomic E-state index is -0.322. The van der Waals surface area contributed by atoms with Crippen LogP contribution < -0.4 is 14.2 Å². The van der Waals surface area contributed by atoms with Gasteiger partial charge in [-0.15, -0.1) is 0 Å². The van der Waals surface area contributed by atoms with Crippen LogP contribution >= 0.6 is 0 Å². The molecule has 0 aliphatic rings. The Morgan fingerprint density at radius 3 is 2.10 bits per heavy atom. The van der Waals surface area contributed by atoms with Gasteiger partial charge < -0.3 is 18.9 Å². The van der Waals surface area contributed by atoms with Crippen LogP contribution in [-0.2, 0) is 16.0 Å². The molecule has 0 aliphatic carbocycles. The minimum absolute atomic E-state index is 0.137. The summed E-state index contributed by atoms with van der Waals surface area (Å²) in [4.78, 5) is 11.5. The van der Waals surface area contributed by atoms with Crippen LogP contribution in [0, 0.1) is 0 Å². The van der Waals surface area contributed by atoms with Crippen LogP contribution in [0.3, 0.4) is 0 Å². The number of hydrogen-bond donors (Lipinski definition) is 0. The third kappa shape index (κ3) is 4.05. The number of hydrogen-bond acceptors (Lipinski definition) is 5. The summed E-state index contributed by atoms with van der Waals surface area (Å²) < 4.78 is 21.5. The topological polar surface area (TPSA) is 54.0 Å². The first-order valence-electron chi connectivity index (χ1n) is 6.78. The molecule has 0 heterocycles. The van der Waals surface area contributed by atoms with Crippen LogP contribution in [0.2, 0.25) is 0 Å². The molecular weight excluding hydrogens is 260 g/mol. The Bertz CT molecular complexity index is 442. The van der Waals surface area contributed by atoms with E-state index in [0.29, 0.717) is 37.1 Å². The largest absolute Gasteiger partial charge is 0.490 e. The van der Waals surface area contributed by atoms with Crippen molar-refractivity contribution in [3.8, 4) is 17.2 Å². The predicted octanol–water partition coefficient (Wildman–Crippen LogP) is 2.60. The Balaban J connectivity index is 3.22. The highest BCUT2D eigenvalue weighted by Crippen LogP contribution is 2.40. The minimum Gasteiger partial charge on any atom is -0.490 e. The molecule has 1 aromatic carbocycles. The first kappa shape index (κ1) is 16.1. The summed E-state index contributed by atoms with van der Waals surface area (Å²) in [5.41, 5.74) is 0.727. The molecule has 0 saturated carbocycles. The van der Waals surface area contributed by atoms with Gasteiger partial charge in [-0.1, -0.05) is 6.07 Å². The van der Waals surface area contributed by atoms with E-state index in [1.165, 1.54) is 7.11 Å². The van der Waals surface area contributed by atoms with Gasteiger partial charge in [-0.05, 0) is 26.8 Å². The van der Waals surface area contributed by atoms with Gasteiger partial charge in [0.1, 0.15) is 0 Å². The molecule has 0 spiro atoms. The smallest absolute Gasteiger partial charge is 0.310 e. The fourth-order valence-corrected chi connectivity index (χ4v) is 1.81. The van der Waals surface area contributed by atoms with Gasteiger partial charge in [0, 0.05) is 5.56 Å². The fraction of sp³-hybridized carbons (Fsp3) is 0.533. The van der Waals surface area contributed by atoms with Gasteiger partial charge in [-0.3, -0.25) is 4.79 Å². The highest BCUT2D eigenvalue weighted by Gasteiger charge is 2.19. The van der Waals surface area contributed by atoms with Gasteiger partial charge >= 0.3 is 5.97 Å². The van der Waals surface area contributed by atoms with Crippen LogP contribution in [0.25, 0.3) is 0 Å². The lowest BCUT2D eigenvalue weighted by Crippen LogP contribution is -2.09. The second-order valence-electron chi connectivity index (χ2n) is 3.93. The summed E-state index contributed by atoms with van der Waals surface area (Å²) in [6.07, 6.45) is 0.137. The highest BCUT2D eigenvalue weighted by molar-refractivity contribution is 5.74. The third-order valence-corrected chi connectivity index (χ3v) is 2.60. The molecule has 5 heteroatoms. The van der Waals surface area contributed by atoms with E-state index in [0.717, 1.165) is 5.56 Å². The van der Waals surface area contributed by atoms with E-state index in [1.807, 2.05) is 20.8 Å². The lowest BCUT2D eigenvalue weighted by atomic mass is 10.1. The van der Waals surface area contributed by atoms with Crippen molar-refractivity contribution < 1.29 is 23.7 Å². The number of carbonyl (C=O) groups is 1. The lowest BCUT2D eigenvalue weighted by Gasteiger charge is -2.18. The Kier molecular flexibility index (Phi) is 6.70. The van der Waals surface area contributed by atoms with E-state index >= 15 is 0 Å². The highest BCUT2D eigenvalue weighted by atomic mass is 16.5. The number of carbonyl (C=O) groups excluding carboxylic acids is 1. The molecule has 0 saturated heterocycles. The molecule has 0 aromatic heterocycles. The van der Waals surface area contributed by atoms with Crippen LogP contribution in [0.15, 0.2) is 12.1 Å². The average Bonchev–Trinajstić information content (AvgIpc) is 2.45. The Morgan fingerprint density at radius 1 is 0.950 bits per heavy atom. The summed E-state index contributed by atoms with van der Waals surface area (Å²) >= 11 is 0. The fourth-order valence-electron chi connectivity index (χ4n) is 1.81. The maximum atomic E-state index is 11.5. The van der Waals surface area contributed by atoms with Gasteiger partial charge in [0.2, 0.25) is 5.75 Å². The summed E-state index contributed by atoms with van der Waals surface area (Å²) in [7, 11) is 1.36. The number of rotatable bonds is 8. The summed E-state index contributed by atoms with van der Waals surface area (Å²) in [6.45, 7) is 7.16. The van der Waals surface area contributed by atoms with Crippen molar-refractivity contribution in [2.24, 2.45) is 0 Å². The first-order chi connectivity index (χ1) is 9.67.